The number of para-hydroxylation sites is 1. The summed E-state index contributed by atoms with van der Waals surface area (Å²) >= 11 is 0. The molecule has 0 amide bonds. The van der Waals surface area contributed by atoms with Crippen LogP contribution in [-0.2, 0) is 0 Å². The standard InChI is InChI=1S/C22H34FN3/c23-20-9-1-2-11-22(20)26-17-15-24(16-18-26)12-5-7-19-8-6-14-25-13-4-3-10-21(19)25/h1-2,9,11,19,21H,3-8,10,12-18H2/t19-,21-/m1/s1. The van der Waals surface area contributed by atoms with Crippen LogP contribution >= 0.6 is 0 Å². The Balaban J connectivity index is 1.20. The number of fused-ring (bicyclic) bond motifs is 1. The fraction of sp³-hybridized carbons (Fsp3) is 0.727. The third-order valence-corrected chi connectivity index (χ3v) is 6.84. The number of piperazine rings is 1. The van der Waals surface area contributed by atoms with E-state index in [0.29, 0.717) is 0 Å². The Morgan fingerprint density at radius 1 is 0.885 bits per heavy atom. The minimum absolute atomic E-state index is 0.0877. The lowest BCUT2D eigenvalue weighted by atomic mass is 9.81. The second-order valence-corrected chi connectivity index (χ2v) is 8.42. The molecular weight excluding hydrogens is 325 g/mol. The van der Waals surface area contributed by atoms with Crippen molar-refractivity contribution in [2.45, 2.75) is 51.0 Å². The monoisotopic (exact) mass is 359 g/mol. The molecule has 0 saturated carbocycles. The molecule has 3 fully saturated rings. The summed E-state index contributed by atoms with van der Waals surface area (Å²) in [5.74, 6) is 0.846. The number of halogens is 1. The molecule has 2 atom stereocenters. The second kappa shape index (κ2) is 8.71. The van der Waals surface area contributed by atoms with E-state index in [9.17, 15) is 4.39 Å². The fourth-order valence-corrected chi connectivity index (χ4v) is 5.41. The van der Waals surface area contributed by atoms with Crippen molar-refractivity contribution in [3.05, 3.63) is 30.1 Å². The van der Waals surface area contributed by atoms with E-state index < -0.39 is 0 Å². The van der Waals surface area contributed by atoms with Crippen molar-refractivity contribution in [2.75, 3.05) is 50.7 Å². The Bertz CT molecular complexity index is 568. The summed E-state index contributed by atoms with van der Waals surface area (Å²) in [4.78, 5) is 7.57. The van der Waals surface area contributed by atoms with Crippen molar-refractivity contribution in [3.63, 3.8) is 0 Å². The second-order valence-electron chi connectivity index (χ2n) is 8.42. The van der Waals surface area contributed by atoms with Gasteiger partial charge in [-0.05, 0) is 76.2 Å². The highest BCUT2D eigenvalue weighted by Crippen LogP contribution is 2.33. The highest BCUT2D eigenvalue weighted by molar-refractivity contribution is 5.47. The summed E-state index contributed by atoms with van der Waals surface area (Å²) in [6.45, 7) is 7.93. The molecule has 0 aliphatic carbocycles. The molecule has 0 spiro atoms. The Morgan fingerprint density at radius 3 is 2.54 bits per heavy atom. The fourth-order valence-electron chi connectivity index (χ4n) is 5.41. The number of hydrogen-bond acceptors (Lipinski definition) is 3. The summed E-state index contributed by atoms with van der Waals surface area (Å²) in [7, 11) is 0. The molecule has 4 heteroatoms. The van der Waals surface area contributed by atoms with E-state index in [1.165, 1.54) is 64.6 Å². The zero-order chi connectivity index (χ0) is 17.8. The minimum atomic E-state index is -0.0877. The van der Waals surface area contributed by atoms with E-state index in [1.54, 1.807) is 12.1 Å². The molecule has 3 saturated heterocycles. The van der Waals surface area contributed by atoms with Gasteiger partial charge in [0.1, 0.15) is 5.82 Å². The van der Waals surface area contributed by atoms with Crippen molar-refractivity contribution in [1.82, 2.24) is 9.80 Å². The zero-order valence-corrected chi connectivity index (χ0v) is 16.1. The summed E-state index contributed by atoms with van der Waals surface area (Å²) in [5, 5.41) is 0. The van der Waals surface area contributed by atoms with Gasteiger partial charge in [0.2, 0.25) is 0 Å². The van der Waals surface area contributed by atoms with E-state index in [2.05, 4.69) is 14.7 Å². The Morgan fingerprint density at radius 2 is 1.69 bits per heavy atom. The van der Waals surface area contributed by atoms with Gasteiger partial charge in [-0.25, -0.2) is 4.39 Å². The normalized spacial score (nSPS) is 28.1. The molecule has 3 heterocycles. The first-order valence-corrected chi connectivity index (χ1v) is 10.8. The van der Waals surface area contributed by atoms with Crippen molar-refractivity contribution in [3.8, 4) is 0 Å². The van der Waals surface area contributed by atoms with Gasteiger partial charge in [-0.3, -0.25) is 4.90 Å². The van der Waals surface area contributed by atoms with Crippen LogP contribution in [0.2, 0.25) is 0 Å². The third-order valence-electron chi connectivity index (χ3n) is 6.84. The van der Waals surface area contributed by atoms with E-state index >= 15 is 0 Å². The first-order valence-electron chi connectivity index (χ1n) is 10.8. The lowest BCUT2D eigenvalue weighted by Crippen LogP contribution is -2.48. The Kier molecular flexibility index (Phi) is 6.11. The Labute approximate surface area is 158 Å². The van der Waals surface area contributed by atoms with Crippen LogP contribution in [0.4, 0.5) is 10.1 Å². The molecule has 0 bridgehead atoms. The maximum atomic E-state index is 14.0. The smallest absolute Gasteiger partial charge is 0.146 e. The van der Waals surface area contributed by atoms with Crippen LogP contribution in [0.3, 0.4) is 0 Å². The van der Waals surface area contributed by atoms with Crippen molar-refractivity contribution < 1.29 is 4.39 Å². The molecule has 1 aromatic carbocycles. The van der Waals surface area contributed by atoms with Gasteiger partial charge in [0, 0.05) is 32.2 Å². The molecule has 0 radical (unpaired) electrons. The summed E-state index contributed by atoms with van der Waals surface area (Å²) < 4.78 is 14.0. The van der Waals surface area contributed by atoms with E-state index in [4.69, 9.17) is 0 Å². The molecule has 26 heavy (non-hydrogen) atoms. The van der Waals surface area contributed by atoms with Gasteiger partial charge in [0.15, 0.2) is 0 Å². The van der Waals surface area contributed by atoms with E-state index in [1.807, 2.05) is 12.1 Å². The maximum absolute atomic E-state index is 14.0. The van der Waals surface area contributed by atoms with Gasteiger partial charge in [-0.15, -0.1) is 0 Å². The van der Waals surface area contributed by atoms with Gasteiger partial charge >= 0.3 is 0 Å². The van der Waals surface area contributed by atoms with Crippen molar-refractivity contribution in [2.24, 2.45) is 5.92 Å². The predicted molar refractivity (Wildman–Crippen MR) is 106 cm³/mol. The van der Waals surface area contributed by atoms with E-state index in [0.717, 1.165) is 43.8 Å². The van der Waals surface area contributed by atoms with Crippen LogP contribution in [0.15, 0.2) is 24.3 Å². The van der Waals surface area contributed by atoms with Crippen LogP contribution in [0.5, 0.6) is 0 Å². The lowest BCUT2D eigenvalue weighted by Gasteiger charge is -2.44. The summed E-state index contributed by atoms with van der Waals surface area (Å²) in [5.41, 5.74) is 0.770. The number of nitrogens with zero attached hydrogens (tertiary/aromatic N) is 3. The van der Waals surface area contributed by atoms with Crippen LogP contribution in [-0.4, -0.2) is 61.7 Å². The summed E-state index contributed by atoms with van der Waals surface area (Å²) in [6, 6.07) is 8.07. The SMILES string of the molecule is Fc1ccccc1N1CCN(CCC[C@@H]2CCCN3CCCC[C@H]23)CC1. The molecule has 1 aromatic rings. The molecule has 144 valence electrons. The molecule has 0 N–H and O–H groups in total. The zero-order valence-electron chi connectivity index (χ0n) is 16.1. The van der Waals surface area contributed by atoms with Crippen LogP contribution in [0.25, 0.3) is 0 Å². The minimum Gasteiger partial charge on any atom is -0.367 e. The number of hydrogen-bond donors (Lipinski definition) is 0. The number of rotatable bonds is 5. The van der Waals surface area contributed by atoms with Crippen LogP contribution in [0, 0.1) is 11.7 Å². The average molecular weight is 360 g/mol. The van der Waals surface area contributed by atoms with Crippen molar-refractivity contribution >= 4 is 5.69 Å². The van der Waals surface area contributed by atoms with Gasteiger partial charge in [-0.1, -0.05) is 18.6 Å². The average Bonchev–Trinajstić information content (AvgIpc) is 2.69. The van der Waals surface area contributed by atoms with Gasteiger partial charge in [0.05, 0.1) is 5.69 Å². The molecule has 3 aliphatic heterocycles. The highest BCUT2D eigenvalue weighted by atomic mass is 19.1. The van der Waals surface area contributed by atoms with Crippen LogP contribution in [0.1, 0.15) is 44.9 Å². The number of benzene rings is 1. The first kappa shape index (κ1) is 18.2. The predicted octanol–water partition coefficient (Wildman–Crippen LogP) is 3.99. The van der Waals surface area contributed by atoms with Gasteiger partial charge < -0.3 is 9.80 Å². The van der Waals surface area contributed by atoms with E-state index in [-0.39, 0.29) is 5.82 Å². The molecule has 3 nitrogen and oxygen atoms in total. The molecular formula is C22H34FN3. The highest BCUT2D eigenvalue weighted by Gasteiger charge is 2.32. The third kappa shape index (κ3) is 4.23. The maximum Gasteiger partial charge on any atom is 0.146 e. The van der Waals surface area contributed by atoms with Gasteiger partial charge in [-0.2, -0.15) is 0 Å². The molecule has 0 aromatic heterocycles. The molecule has 3 aliphatic rings. The molecule has 0 unspecified atom stereocenters. The first-order chi connectivity index (χ1) is 12.8. The number of anilines is 1. The quantitative estimate of drug-likeness (QED) is 0.787. The molecule has 4 rings (SSSR count). The van der Waals surface area contributed by atoms with Crippen molar-refractivity contribution in [1.29, 1.82) is 0 Å². The van der Waals surface area contributed by atoms with Gasteiger partial charge in [0.25, 0.3) is 0 Å². The summed E-state index contributed by atoms with van der Waals surface area (Å²) in [6.07, 6.45) is 9.87. The Hall–Kier alpha value is -1.13. The lowest BCUT2D eigenvalue weighted by molar-refractivity contribution is 0.0534. The van der Waals surface area contributed by atoms with Crippen LogP contribution < -0.4 is 4.90 Å². The number of piperidine rings is 2. The topological polar surface area (TPSA) is 9.72 Å². The largest absolute Gasteiger partial charge is 0.367 e.